The van der Waals surface area contributed by atoms with Crippen molar-refractivity contribution in [2.45, 2.75) is 50.3 Å². The molecule has 224 valence electrons. The Morgan fingerprint density at radius 2 is 1.53 bits per heavy atom. The first-order chi connectivity index (χ1) is 20.5. The molecule has 1 aromatic heterocycles. The van der Waals surface area contributed by atoms with Gasteiger partial charge in [-0.15, -0.1) is 0 Å². The zero-order valence-corrected chi connectivity index (χ0v) is 25.7. The molecule has 1 saturated heterocycles. The van der Waals surface area contributed by atoms with Crippen LogP contribution in [0.5, 0.6) is 0 Å². The molecule has 0 bridgehead atoms. The summed E-state index contributed by atoms with van der Waals surface area (Å²) in [5, 5.41) is 13.4. The number of esters is 1. The first-order valence-corrected chi connectivity index (χ1v) is 16.2. The van der Waals surface area contributed by atoms with Gasteiger partial charge in [-0.3, -0.25) is 14.3 Å². The van der Waals surface area contributed by atoms with Gasteiger partial charge in [0.25, 0.3) is 13.9 Å². The van der Waals surface area contributed by atoms with Crippen molar-refractivity contribution in [3.05, 3.63) is 129 Å². The van der Waals surface area contributed by atoms with E-state index < -0.39 is 50.1 Å². The highest BCUT2D eigenvalue weighted by Gasteiger charge is 2.53. The summed E-state index contributed by atoms with van der Waals surface area (Å²) in [6, 6.07) is 27.5. The lowest BCUT2D eigenvalue weighted by Crippen LogP contribution is -2.67. The molecular weight excluding hydrogens is 588 g/mol. The molecule has 4 aromatic rings. The number of aromatic amines is 1. The summed E-state index contributed by atoms with van der Waals surface area (Å²) in [5.41, 5.74) is -1.29. The van der Waals surface area contributed by atoms with E-state index in [2.05, 4.69) is 25.8 Å². The van der Waals surface area contributed by atoms with Crippen LogP contribution in [-0.2, 0) is 13.9 Å². The second kappa shape index (κ2) is 12.4. The van der Waals surface area contributed by atoms with Crippen molar-refractivity contribution in [2.24, 2.45) is 0 Å². The monoisotopic (exact) mass is 620 g/mol. The minimum atomic E-state index is -3.01. The van der Waals surface area contributed by atoms with Gasteiger partial charge in [0, 0.05) is 12.3 Å². The number of aromatic nitrogens is 2. The molecule has 9 nitrogen and oxygen atoms in total. The van der Waals surface area contributed by atoms with Gasteiger partial charge < -0.3 is 19.0 Å². The third-order valence-electron chi connectivity index (χ3n) is 7.66. The summed E-state index contributed by atoms with van der Waals surface area (Å²) in [5.74, 6) is -0.797. The third kappa shape index (κ3) is 6.02. The van der Waals surface area contributed by atoms with Gasteiger partial charge in [0.05, 0.1) is 17.2 Å². The molecular formula is C32H33ClN2O7Si. The summed E-state index contributed by atoms with van der Waals surface area (Å²) in [4.78, 5) is 39.9. The van der Waals surface area contributed by atoms with Crippen LogP contribution in [0, 0.1) is 0 Å². The number of hydrogen-bond acceptors (Lipinski definition) is 7. The summed E-state index contributed by atoms with van der Waals surface area (Å²) in [6.07, 6.45) is -3.71. The van der Waals surface area contributed by atoms with Gasteiger partial charge in [0.1, 0.15) is 12.2 Å². The number of carbonyl (C=O) groups excluding carboxylic acids is 1. The second-order valence-corrected chi connectivity index (χ2v) is 16.1. The fourth-order valence-corrected chi connectivity index (χ4v) is 10.4. The van der Waals surface area contributed by atoms with E-state index in [1.54, 1.807) is 18.2 Å². The van der Waals surface area contributed by atoms with Crippen molar-refractivity contribution in [1.29, 1.82) is 0 Å². The molecule has 0 radical (unpaired) electrons. The van der Waals surface area contributed by atoms with Crippen LogP contribution in [0.15, 0.2) is 107 Å². The molecule has 5 rings (SSSR count). The highest BCUT2D eigenvalue weighted by Crippen LogP contribution is 2.38. The number of benzene rings is 3. The Balaban J connectivity index is 1.52. The van der Waals surface area contributed by atoms with Crippen LogP contribution in [0.2, 0.25) is 10.1 Å². The minimum Gasteiger partial charge on any atom is -0.451 e. The lowest BCUT2D eigenvalue weighted by Gasteiger charge is -2.43. The highest BCUT2D eigenvalue weighted by molar-refractivity contribution is 6.99. The number of nitrogens with zero attached hydrogens (tertiary/aromatic N) is 1. The maximum atomic E-state index is 13.2. The summed E-state index contributed by atoms with van der Waals surface area (Å²) < 4.78 is 20.0. The quantitative estimate of drug-likeness (QED) is 0.229. The van der Waals surface area contributed by atoms with Gasteiger partial charge >= 0.3 is 11.7 Å². The number of H-pyrrole nitrogens is 1. The maximum Gasteiger partial charge on any atom is 0.340 e. The van der Waals surface area contributed by atoms with E-state index in [1.807, 2.05) is 60.7 Å². The minimum absolute atomic E-state index is 0.0663. The largest absolute Gasteiger partial charge is 0.451 e. The third-order valence-corrected chi connectivity index (χ3v) is 13.0. The molecule has 11 heteroatoms. The lowest BCUT2D eigenvalue weighted by atomic mass is 10.1. The Labute approximate surface area is 254 Å². The average molecular weight is 621 g/mol. The molecule has 0 amide bonds. The van der Waals surface area contributed by atoms with Gasteiger partial charge in [-0.1, -0.05) is 105 Å². The number of aliphatic hydroxyl groups is 1. The Morgan fingerprint density at radius 1 is 0.953 bits per heavy atom. The first-order valence-electron chi connectivity index (χ1n) is 13.9. The van der Waals surface area contributed by atoms with Crippen molar-refractivity contribution in [2.75, 3.05) is 6.61 Å². The molecule has 4 atom stereocenters. The predicted octanol–water partition coefficient (Wildman–Crippen LogP) is 3.25. The van der Waals surface area contributed by atoms with Gasteiger partial charge in [-0.05, 0) is 27.5 Å². The van der Waals surface area contributed by atoms with E-state index in [4.69, 9.17) is 25.5 Å². The summed E-state index contributed by atoms with van der Waals surface area (Å²) in [6.45, 7) is 6.31. The molecule has 1 aliphatic heterocycles. The smallest absolute Gasteiger partial charge is 0.340 e. The number of halogens is 1. The molecule has 2 N–H and O–H groups in total. The molecule has 2 heterocycles. The Kier molecular flexibility index (Phi) is 8.86. The standard InChI is InChI=1S/C32H33ClN2O7Si/c1-32(2,3)43(21-12-6-4-7-13-21,22-14-8-5-9-15-22)40-20-25-27(37)28(42-30(38)23-16-10-11-17-24(23)33)29(41-25)35-19-18-26(36)34-31(35)39/h4-19,25,27-29,37H,20H2,1-3H3,(H,34,36,39)/t25-,27-,28-,29-/m1/s1. The summed E-state index contributed by atoms with van der Waals surface area (Å²) >= 11 is 6.22. The Hall–Kier alpha value is -3.80. The van der Waals surface area contributed by atoms with Crippen molar-refractivity contribution in [3.8, 4) is 0 Å². The van der Waals surface area contributed by atoms with Crippen LogP contribution in [0.25, 0.3) is 0 Å². The topological polar surface area (TPSA) is 120 Å². The van der Waals surface area contributed by atoms with Crippen LogP contribution in [-0.4, -0.2) is 53.9 Å². The van der Waals surface area contributed by atoms with Crippen LogP contribution in [0.3, 0.4) is 0 Å². The van der Waals surface area contributed by atoms with Crippen molar-refractivity contribution >= 4 is 36.3 Å². The fraction of sp³-hybridized carbons (Fsp3) is 0.281. The first kappa shape index (κ1) is 30.6. The average Bonchev–Trinajstić information content (AvgIpc) is 3.28. The lowest BCUT2D eigenvalue weighted by molar-refractivity contribution is -0.0588. The zero-order chi connectivity index (χ0) is 30.8. The van der Waals surface area contributed by atoms with Crippen molar-refractivity contribution < 1.29 is 23.8 Å². The molecule has 43 heavy (non-hydrogen) atoms. The van der Waals surface area contributed by atoms with E-state index in [0.29, 0.717) is 0 Å². The van der Waals surface area contributed by atoms with E-state index in [-0.39, 0.29) is 22.2 Å². The molecule has 0 unspecified atom stereocenters. The zero-order valence-electron chi connectivity index (χ0n) is 24.0. The van der Waals surface area contributed by atoms with Crippen LogP contribution in [0.1, 0.15) is 37.4 Å². The number of aliphatic hydroxyl groups excluding tert-OH is 1. The number of hydrogen-bond donors (Lipinski definition) is 2. The Bertz CT molecular complexity index is 1650. The van der Waals surface area contributed by atoms with E-state index in [9.17, 15) is 19.5 Å². The van der Waals surface area contributed by atoms with Gasteiger partial charge in [0.15, 0.2) is 12.3 Å². The van der Waals surface area contributed by atoms with E-state index in [1.165, 1.54) is 12.3 Å². The van der Waals surface area contributed by atoms with Crippen LogP contribution >= 0.6 is 11.6 Å². The molecule has 0 saturated carbocycles. The number of ether oxygens (including phenoxy) is 2. The van der Waals surface area contributed by atoms with Crippen LogP contribution in [0.4, 0.5) is 0 Å². The van der Waals surface area contributed by atoms with Crippen molar-refractivity contribution in [1.82, 2.24) is 9.55 Å². The highest BCUT2D eigenvalue weighted by atomic mass is 35.5. The fourth-order valence-electron chi connectivity index (χ4n) is 5.62. The molecule has 0 aliphatic carbocycles. The van der Waals surface area contributed by atoms with Crippen LogP contribution < -0.4 is 21.6 Å². The normalized spacial score (nSPS) is 20.6. The molecule has 0 spiro atoms. The number of nitrogens with one attached hydrogen (secondary N) is 1. The van der Waals surface area contributed by atoms with E-state index in [0.717, 1.165) is 21.0 Å². The maximum absolute atomic E-state index is 13.2. The second-order valence-electron chi connectivity index (χ2n) is 11.4. The summed E-state index contributed by atoms with van der Waals surface area (Å²) in [7, 11) is -3.01. The Morgan fingerprint density at radius 3 is 2.09 bits per heavy atom. The van der Waals surface area contributed by atoms with Gasteiger partial charge in [-0.2, -0.15) is 0 Å². The van der Waals surface area contributed by atoms with Gasteiger partial charge in [-0.25, -0.2) is 9.59 Å². The SMILES string of the molecule is CC(C)(C)[Si](OC[C@H]1O[C@@H](n2ccc(=O)[nH]c2=O)[C@H](OC(=O)c2ccccc2Cl)[C@@H]1O)(c1ccccc1)c1ccccc1. The van der Waals surface area contributed by atoms with E-state index >= 15 is 0 Å². The number of rotatable bonds is 8. The van der Waals surface area contributed by atoms with Crippen molar-refractivity contribution in [3.63, 3.8) is 0 Å². The molecule has 1 aliphatic rings. The molecule has 1 fully saturated rings. The predicted molar refractivity (Wildman–Crippen MR) is 165 cm³/mol. The van der Waals surface area contributed by atoms with Gasteiger partial charge in [0.2, 0.25) is 0 Å². The number of carbonyl (C=O) groups is 1. The molecule has 3 aromatic carbocycles.